The second-order valence-electron chi connectivity index (χ2n) is 5.66. The van der Waals surface area contributed by atoms with Crippen LogP contribution in [0.5, 0.6) is 0 Å². The van der Waals surface area contributed by atoms with Crippen molar-refractivity contribution in [3.63, 3.8) is 0 Å². The third-order valence-corrected chi connectivity index (χ3v) is 4.28. The van der Waals surface area contributed by atoms with Crippen LogP contribution in [0, 0.1) is 12.8 Å². The van der Waals surface area contributed by atoms with E-state index in [1.165, 1.54) is 0 Å². The summed E-state index contributed by atoms with van der Waals surface area (Å²) in [5, 5.41) is 23.2. The Morgan fingerprint density at radius 3 is 2.67 bits per heavy atom. The van der Waals surface area contributed by atoms with E-state index >= 15 is 0 Å². The molecule has 1 aliphatic carbocycles. The molecule has 1 aromatic heterocycles. The molecular weight excluding hydrogens is 266 g/mol. The van der Waals surface area contributed by atoms with Crippen LogP contribution >= 0.6 is 0 Å². The summed E-state index contributed by atoms with van der Waals surface area (Å²) in [5.74, 6) is -0.383. The monoisotopic (exact) mass is 285 g/mol. The summed E-state index contributed by atoms with van der Waals surface area (Å²) in [6, 6.07) is 7.88. The van der Waals surface area contributed by atoms with Crippen molar-refractivity contribution in [2.45, 2.75) is 38.6 Å². The van der Waals surface area contributed by atoms with Crippen molar-refractivity contribution in [2.75, 3.05) is 5.32 Å². The Morgan fingerprint density at radius 1 is 1.19 bits per heavy atom. The van der Waals surface area contributed by atoms with E-state index in [-0.39, 0.29) is 12.0 Å². The Hall–Kier alpha value is -2.17. The molecule has 1 heterocycles. The predicted octanol–water partition coefficient (Wildman–Crippen LogP) is 2.99. The number of aliphatic carboxylic acids is 1. The van der Waals surface area contributed by atoms with Gasteiger partial charge in [0.15, 0.2) is 5.82 Å². The number of nitrogens with zero attached hydrogens (tertiary/aromatic N) is 2. The fraction of sp³-hybridized carbons (Fsp3) is 0.438. The van der Waals surface area contributed by atoms with E-state index in [0.29, 0.717) is 5.82 Å². The number of hydrogen-bond acceptors (Lipinski definition) is 4. The second kappa shape index (κ2) is 5.68. The molecule has 0 bridgehead atoms. The molecule has 0 spiro atoms. The highest BCUT2D eigenvalue weighted by molar-refractivity contribution is 5.93. The number of hydrogen-bond donors (Lipinski definition) is 2. The molecule has 1 saturated carbocycles. The molecule has 2 atom stereocenters. The number of nitrogens with one attached hydrogen (secondary N) is 1. The van der Waals surface area contributed by atoms with Gasteiger partial charge in [0.1, 0.15) is 0 Å². The number of carbonyl (C=O) groups is 1. The molecule has 5 heteroatoms. The fourth-order valence-electron chi connectivity index (χ4n) is 3.12. The molecule has 0 aliphatic heterocycles. The maximum absolute atomic E-state index is 11.4. The number of carboxylic acids is 1. The number of aromatic nitrogens is 2. The number of carboxylic acid groups (broad SMARTS) is 1. The molecular formula is C16H19N3O2. The Labute approximate surface area is 123 Å². The highest BCUT2D eigenvalue weighted by Crippen LogP contribution is 2.29. The van der Waals surface area contributed by atoms with Crippen LogP contribution in [-0.2, 0) is 4.79 Å². The van der Waals surface area contributed by atoms with Gasteiger partial charge in [0, 0.05) is 16.8 Å². The van der Waals surface area contributed by atoms with Crippen LogP contribution in [0.1, 0.15) is 31.4 Å². The highest BCUT2D eigenvalue weighted by atomic mass is 16.4. The molecule has 5 nitrogen and oxygen atoms in total. The van der Waals surface area contributed by atoms with Gasteiger partial charge < -0.3 is 10.4 Å². The van der Waals surface area contributed by atoms with Gasteiger partial charge >= 0.3 is 5.97 Å². The molecule has 1 aliphatic rings. The quantitative estimate of drug-likeness (QED) is 0.906. The first-order valence-electron chi connectivity index (χ1n) is 7.38. The van der Waals surface area contributed by atoms with Crippen LogP contribution in [0.25, 0.3) is 10.8 Å². The second-order valence-corrected chi connectivity index (χ2v) is 5.66. The lowest BCUT2D eigenvalue weighted by Crippen LogP contribution is -2.37. The fourth-order valence-corrected chi connectivity index (χ4v) is 3.12. The first-order chi connectivity index (χ1) is 10.2. The van der Waals surface area contributed by atoms with Gasteiger partial charge in [0.2, 0.25) is 0 Å². The average Bonchev–Trinajstić information content (AvgIpc) is 2.51. The number of benzene rings is 1. The van der Waals surface area contributed by atoms with Crippen LogP contribution in [0.15, 0.2) is 24.3 Å². The molecule has 2 aromatic rings. The topological polar surface area (TPSA) is 75.1 Å². The molecule has 3 rings (SSSR count). The first-order valence-corrected chi connectivity index (χ1v) is 7.38. The summed E-state index contributed by atoms with van der Waals surface area (Å²) in [4.78, 5) is 11.4. The Kier molecular flexibility index (Phi) is 3.73. The molecule has 0 radical (unpaired) electrons. The van der Waals surface area contributed by atoms with Gasteiger partial charge in [0.25, 0.3) is 0 Å². The molecule has 1 fully saturated rings. The van der Waals surface area contributed by atoms with Crippen molar-refractivity contribution in [1.29, 1.82) is 0 Å². The minimum atomic E-state index is -0.725. The summed E-state index contributed by atoms with van der Waals surface area (Å²) < 4.78 is 0. The average molecular weight is 285 g/mol. The van der Waals surface area contributed by atoms with Crippen LogP contribution in [-0.4, -0.2) is 27.3 Å². The number of anilines is 1. The van der Waals surface area contributed by atoms with E-state index in [1.807, 2.05) is 31.2 Å². The van der Waals surface area contributed by atoms with E-state index < -0.39 is 5.97 Å². The molecule has 0 saturated heterocycles. The van der Waals surface area contributed by atoms with Gasteiger partial charge in [-0.05, 0) is 19.8 Å². The largest absolute Gasteiger partial charge is 0.481 e. The van der Waals surface area contributed by atoms with Crippen molar-refractivity contribution in [1.82, 2.24) is 10.2 Å². The van der Waals surface area contributed by atoms with E-state index in [1.54, 1.807) is 0 Å². The number of rotatable bonds is 3. The zero-order valence-corrected chi connectivity index (χ0v) is 12.0. The van der Waals surface area contributed by atoms with Crippen molar-refractivity contribution >= 4 is 22.6 Å². The normalized spacial score (nSPS) is 22.1. The smallest absolute Gasteiger partial charge is 0.308 e. The van der Waals surface area contributed by atoms with Crippen molar-refractivity contribution in [2.24, 2.45) is 5.92 Å². The van der Waals surface area contributed by atoms with Gasteiger partial charge in [-0.2, -0.15) is 5.10 Å². The number of aryl methyl sites for hydroxylation is 1. The third-order valence-electron chi connectivity index (χ3n) is 4.28. The zero-order chi connectivity index (χ0) is 14.8. The minimum absolute atomic E-state index is 0.0725. The zero-order valence-electron chi connectivity index (χ0n) is 12.0. The maximum Gasteiger partial charge on any atom is 0.308 e. The van der Waals surface area contributed by atoms with Gasteiger partial charge in [-0.1, -0.05) is 37.1 Å². The van der Waals surface area contributed by atoms with Gasteiger partial charge in [-0.3, -0.25) is 4.79 Å². The summed E-state index contributed by atoms with van der Waals surface area (Å²) in [7, 11) is 0. The van der Waals surface area contributed by atoms with Crippen LogP contribution in [0.4, 0.5) is 5.82 Å². The van der Waals surface area contributed by atoms with Crippen LogP contribution in [0.3, 0.4) is 0 Å². The first kappa shape index (κ1) is 13.8. The van der Waals surface area contributed by atoms with Gasteiger partial charge in [-0.25, -0.2) is 0 Å². The van der Waals surface area contributed by atoms with Crippen molar-refractivity contribution in [3.05, 3.63) is 30.0 Å². The molecule has 2 N–H and O–H groups in total. The Morgan fingerprint density at radius 2 is 1.90 bits per heavy atom. The van der Waals surface area contributed by atoms with Crippen LogP contribution in [0.2, 0.25) is 0 Å². The molecule has 110 valence electrons. The summed E-state index contributed by atoms with van der Waals surface area (Å²) in [6.07, 6.45) is 3.62. The van der Waals surface area contributed by atoms with Crippen molar-refractivity contribution in [3.8, 4) is 0 Å². The highest BCUT2D eigenvalue weighted by Gasteiger charge is 2.31. The lowest BCUT2D eigenvalue weighted by atomic mass is 9.84. The predicted molar refractivity (Wildman–Crippen MR) is 81.3 cm³/mol. The molecule has 1 aromatic carbocycles. The van der Waals surface area contributed by atoms with Crippen LogP contribution < -0.4 is 5.32 Å². The van der Waals surface area contributed by atoms with E-state index in [2.05, 4.69) is 15.5 Å². The van der Waals surface area contributed by atoms with E-state index in [4.69, 9.17) is 0 Å². The molecule has 2 unspecified atom stereocenters. The van der Waals surface area contributed by atoms with Gasteiger partial charge in [0.05, 0.1) is 11.6 Å². The summed E-state index contributed by atoms with van der Waals surface area (Å²) in [6.45, 7) is 1.93. The molecule has 0 amide bonds. The minimum Gasteiger partial charge on any atom is -0.481 e. The van der Waals surface area contributed by atoms with E-state index in [9.17, 15) is 9.90 Å². The van der Waals surface area contributed by atoms with E-state index in [0.717, 1.165) is 42.1 Å². The lowest BCUT2D eigenvalue weighted by Gasteiger charge is -2.29. The SMILES string of the molecule is Cc1nnc(NC2CCCCC2C(=O)O)c2ccccc12. The summed E-state index contributed by atoms with van der Waals surface area (Å²) >= 11 is 0. The number of fused-ring (bicyclic) bond motifs is 1. The summed E-state index contributed by atoms with van der Waals surface area (Å²) in [5.41, 5.74) is 0.884. The standard InChI is InChI=1S/C16H19N3O2/c1-10-11-6-2-3-7-12(11)15(19-18-10)17-14-9-5-4-8-13(14)16(20)21/h2-3,6-7,13-14H,4-5,8-9H2,1H3,(H,17,19)(H,20,21). The Balaban J connectivity index is 1.94. The van der Waals surface area contributed by atoms with Gasteiger partial charge in [-0.15, -0.1) is 5.10 Å². The Bertz CT molecular complexity index is 672. The third kappa shape index (κ3) is 2.68. The maximum atomic E-state index is 11.4. The lowest BCUT2D eigenvalue weighted by molar-refractivity contribution is -0.143. The van der Waals surface area contributed by atoms with Crippen molar-refractivity contribution < 1.29 is 9.90 Å². The molecule has 21 heavy (non-hydrogen) atoms.